The number of aliphatic hydroxyl groups excluding tert-OH is 1. The predicted octanol–water partition coefficient (Wildman–Crippen LogP) is 0.888. The minimum absolute atomic E-state index is 0.253. The van der Waals surface area contributed by atoms with Gasteiger partial charge in [0.25, 0.3) is 0 Å². The largest absolute Gasteiger partial charge is 0.396 e. The van der Waals surface area contributed by atoms with E-state index in [0.717, 1.165) is 5.92 Å². The number of likely N-dealkylation sites (N-methyl/N-ethyl adjacent to an activating group) is 1. The van der Waals surface area contributed by atoms with Crippen LogP contribution in [0.25, 0.3) is 0 Å². The first-order valence-corrected chi connectivity index (χ1v) is 6.60. The highest BCUT2D eigenvalue weighted by atomic mass is 16.3. The normalized spacial score (nSPS) is 36.9. The second-order valence-electron chi connectivity index (χ2n) is 6.05. The molecule has 1 saturated carbocycles. The molecule has 3 heteroatoms. The van der Waals surface area contributed by atoms with E-state index in [0.29, 0.717) is 12.5 Å². The van der Waals surface area contributed by atoms with Crippen molar-refractivity contribution >= 4 is 0 Å². The quantitative estimate of drug-likeness (QED) is 0.771. The van der Waals surface area contributed by atoms with Crippen LogP contribution in [-0.4, -0.2) is 61.3 Å². The molecular formula is C13H26N2O. The van der Waals surface area contributed by atoms with Gasteiger partial charge in [0, 0.05) is 44.7 Å². The van der Waals surface area contributed by atoms with Crippen LogP contribution in [0.1, 0.15) is 20.3 Å². The first kappa shape index (κ1) is 12.3. The summed E-state index contributed by atoms with van der Waals surface area (Å²) in [7, 11) is 2.20. The lowest BCUT2D eigenvalue weighted by Crippen LogP contribution is -2.45. The minimum Gasteiger partial charge on any atom is -0.396 e. The maximum absolute atomic E-state index is 9.54. The topological polar surface area (TPSA) is 26.7 Å². The molecule has 2 unspecified atom stereocenters. The zero-order chi connectivity index (χ0) is 11.8. The summed E-state index contributed by atoms with van der Waals surface area (Å²) in [6.45, 7) is 10.9. The van der Waals surface area contributed by atoms with Gasteiger partial charge in [-0.3, -0.25) is 0 Å². The van der Waals surface area contributed by atoms with Crippen molar-refractivity contribution in [2.45, 2.75) is 20.3 Å². The number of rotatable bonds is 4. The van der Waals surface area contributed by atoms with Crippen molar-refractivity contribution in [3.8, 4) is 0 Å². The van der Waals surface area contributed by atoms with Crippen molar-refractivity contribution in [2.24, 2.45) is 17.3 Å². The van der Waals surface area contributed by atoms with Gasteiger partial charge in [0.1, 0.15) is 0 Å². The number of piperazine rings is 1. The lowest BCUT2D eigenvalue weighted by molar-refractivity contribution is 0.117. The highest BCUT2D eigenvalue weighted by molar-refractivity contribution is 5.05. The fraction of sp³-hybridized carbons (Fsp3) is 1.00. The standard InChI is InChI=1S/C13H26N2O/c1-11(2)13(10-16)8-12(13)9-15-6-4-14(3)5-7-15/h11-12,16H,4-10H2,1-3H3. The number of nitrogens with zero attached hydrogens (tertiary/aromatic N) is 2. The van der Waals surface area contributed by atoms with Crippen LogP contribution < -0.4 is 0 Å². The van der Waals surface area contributed by atoms with Crippen molar-refractivity contribution in [1.29, 1.82) is 0 Å². The average Bonchev–Trinajstić information content (AvgIpc) is 2.96. The van der Waals surface area contributed by atoms with E-state index in [1.54, 1.807) is 0 Å². The van der Waals surface area contributed by atoms with E-state index in [-0.39, 0.29) is 5.41 Å². The Morgan fingerprint density at radius 2 is 1.88 bits per heavy atom. The van der Waals surface area contributed by atoms with E-state index in [4.69, 9.17) is 0 Å². The summed E-state index contributed by atoms with van der Waals surface area (Å²) in [5.74, 6) is 1.36. The van der Waals surface area contributed by atoms with Crippen LogP contribution in [0.5, 0.6) is 0 Å². The van der Waals surface area contributed by atoms with Gasteiger partial charge in [0.2, 0.25) is 0 Å². The molecule has 0 bridgehead atoms. The molecule has 1 N–H and O–H groups in total. The zero-order valence-electron chi connectivity index (χ0n) is 10.9. The maximum atomic E-state index is 9.54. The molecule has 1 aliphatic heterocycles. The van der Waals surface area contributed by atoms with Crippen molar-refractivity contribution in [3.05, 3.63) is 0 Å². The summed E-state index contributed by atoms with van der Waals surface area (Å²) < 4.78 is 0. The molecule has 0 radical (unpaired) electrons. The summed E-state index contributed by atoms with van der Waals surface area (Å²) in [6, 6.07) is 0. The molecule has 2 rings (SSSR count). The van der Waals surface area contributed by atoms with Gasteiger partial charge in [-0.25, -0.2) is 0 Å². The Bertz CT molecular complexity index is 236. The molecule has 3 nitrogen and oxygen atoms in total. The van der Waals surface area contributed by atoms with Gasteiger partial charge in [-0.2, -0.15) is 0 Å². The van der Waals surface area contributed by atoms with Crippen molar-refractivity contribution in [2.75, 3.05) is 46.4 Å². The van der Waals surface area contributed by atoms with Gasteiger partial charge in [0.15, 0.2) is 0 Å². The molecule has 0 amide bonds. The third kappa shape index (κ3) is 2.27. The summed E-state index contributed by atoms with van der Waals surface area (Å²) in [5.41, 5.74) is 0.253. The molecule has 0 aromatic rings. The lowest BCUT2D eigenvalue weighted by atomic mass is 9.90. The average molecular weight is 226 g/mol. The van der Waals surface area contributed by atoms with Crippen LogP contribution >= 0.6 is 0 Å². The SMILES string of the molecule is CC(C)C1(CO)CC1CN1CCN(C)CC1. The fourth-order valence-electron chi connectivity index (χ4n) is 3.07. The van der Waals surface area contributed by atoms with E-state index < -0.39 is 0 Å². The molecule has 2 aliphatic rings. The first-order chi connectivity index (χ1) is 7.58. The number of aliphatic hydroxyl groups is 1. The molecule has 0 spiro atoms. The summed E-state index contributed by atoms with van der Waals surface area (Å²) in [6.07, 6.45) is 1.23. The van der Waals surface area contributed by atoms with Crippen molar-refractivity contribution < 1.29 is 5.11 Å². The number of hydrogen-bond acceptors (Lipinski definition) is 3. The Morgan fingerprint density at radius 1 is 1.25 bits per heavy atom. The molecule has 0 aromatic carbocycles. The Balaban J connectivity index is 1.80. The lowest BCUT2D eigenvalue weighted by Gasteiger charge is -2.33. The van der Waals surface area contributed by atoms with Crippen LogP contribution in [0.3, 0.4) is 0 Å². The highest BCUT2D eigenvalue weighted by Crippen LogP contribution is 2.57. The van der Waals surface area contributed by atoms with E-state index in [1.807, 2.05) is 0 Å². The zero-order valence-corrected chi connectivity index (χ0v) is 10.9. The summed E-state index contributed by atoms with van der Waals surface area (Å²) in [4.78, 5) is 4.97. The smallest absolute Gasteiger partial charge is 0.0493 e. The highest BCUT2D eigenvalue weighted by Gasteiger charge is 2.55. The molecule has 1 heterocycles. The summed E-state index contributed by atoms with van der Waals surface area (Å²) in [5, 5.41) is 9.54. The van der Waals surface area contributed by atoms with Gasteiger partial charge in [-0.15, -0.1) is 0 Å². The van der Waals surface area contributed by atoms with Crippen LogP contribution in [0.15, 0.2) is 0 Å². The van der Waals surface area contributed by atoms with Gasteiger partial charge in [-0.1, -0.05) is 13.8 Å². The Labute approximate surface area is 99.4 Å². The Kier molecular flexibility index (Phi) is 3.57. The van der Waals surface area contributed by atoms with Crippen molar-refractivity contribution in [3.63, 3.8) is 0 Å². The molecule has 1 saturated heterocycles. The van der Waals surface area contributed by atoms with E-state index in [1.165, 1.54) is 39.1 Å². The molecule has 2 atom stereocenters. The van der Waals surface area contributed by atoms with Gasteiger partial charge >= 0.3 is 0 Å². The molecule has 2 fully saturated rings. The van der Waals surface area contributed by atoms with E-state index >= 15 is 0 Å². The molecule has 94 valence electrons. The van der Waals surface area contributed by atoms with E-state index in [9.17, 15) is 5.11 Å². The third-order valence-corrected chi connectivity index (χ3v) is 4.80. The van der Waals surface area contributed by atoms with Crippen LogP contribution in [0, 0.1) is 17.3 Å². The van der Waals surface area contributed by atoms with Crippen molar-refractivity contribution in [1.82, 2.24) is 9.80 Å². The predicted molar refractivity (Wildman–Crippen MR) is 66.4 cm³/mol. The number of hydrogen-bond donors (Lipinski definition) is 1. The fourth-order valence-corrected chi connectivity index (χ4v) is 3.07. The third-order valence-electron chi connectivity index (χ3n) is 4.80. The molecular weight excluding hydrogens is 200 g/mol. The molecule has 0 aromatic heterocycles. The summed E-state index contributed by atoms with van der Waals surface area (Å²) >= 11 is 0. The first-order valence-electron chi connectivity index (χ1n) is 6.60. The van der Waals surface area contributed by atoms with Gasteiger partial charge in [-0.05, 0) is 25.3 Å². The van der Waals surface area contributed by atoms with Crippen LogP contribution in [0.4, 0.5) is 0 Å². The second-order valence-corrected chi connectivity index (χ2v) is 6.05. The van der Waals surface area contributed by atoms with Gasteiger partial charge in [0.05, 0.1) is 0 Å². The Morgan fingerprint density at radius 3 is 2.31 bits per heavy atom. The van der Waals surface area contributed by atoms with Gasteiger partial charge < -0.3 is 14.9 Å². The molecule has 1 aliphatic carbocycles. The monoisotopic (exact) mass is 226 g/mol. The maximum Gasteiger partial charge on any atom is 0.0493 e. The molecule has 16 heavy (non-hydrogen) atoms. The second kappa shape index (κ2) is 4.63. The van der Waals surface area contributed by atoms with Crippen LogP contribution in [0.2, 0.25) is 0 Å². The van der Waals surface area contributed by atoms with Crippen LogP contribution in [-0.2, 0) is 0 Å². The minimum atomic E-state index is 0.253. The van der Waals surface area contributed by atoms with E-state index in [2.05, 4.69) is 30.7 Å². The Hall–Kier alpha value is -0.120.